The second-order valence-electron chi connectivity index (χ2n) is 10.6. The molecule has 0 bridgehead atoms. The molecular weight excluding hydrogens is 574 g/mol. The number of carbonyl (C=O) groups is 2. The van der Waals surface area contributed by atoms with E-state index in [1.807, 2.05) is 13.8 Å². The fourth-order valence-corrected chi connectivity index (χ4v) is 5.18. The average molecular weight is 600 g/mol. The molecule has 218 valence electrons. The predicted octanol–water partition coefficient (Wildman–Crippen LogP) is 7.19. The number of carbonyl (C=O) groups excluding carboxylic acids is 2. The number of fused-ring (bicyclic) bond motifs is 1. The molecule has 0 aliphatic carbocycles. The minimum atomic E-state index is -2.78. The van der Waals surface area contributed by atoms with E-state index in [0.29, 0.717) is 34.6 Å². The number of aromatic amines is 1. The molecule has 0 saturated carbocycles. The molecule has 2 aromatic carbocycles. The van der Waals surface area contributed by atoms with Gasteiger partial charge >= 0.3 is 0 Å². The summed E-state index contributed by atoms with van der Waals surface area (Å²) in [5.41, 5.74) is 2.12. The maximum absolute atomic E-state index is 14.2. The van der Waals surface area contributed by atoms with E-state index >= 15 is 0 Å². The van der Waals surface area contributed by atoms with Crippen LogP contribution in [0.5, 0.6) is 0 Å². The van der Waals surface area contributed by atoms with E-state index in [2.05, 4.69) is 25.9 Å². The predicted molar refractivity (Wildman–Crippen MR) is 152 cm³/mol. The summed E-state index contributed by atoms with van der Waals surface area (Å²) in [7, 11) is 0. The van der Waals surface area contributed by atoms with E-state index in [1.54, 1.807) is 12.1 Å². The molecule has 2 amide bonds. The number of rotatable bonds is 8. The van der Waals surface area contributed by atoms with Crippen molar-refractivity contribution < 1.29 is 27.2 Å². The molecule has 0 fully saturated rings. The summed E-state index contributed by atoms with van der Waals surface area (Å²) in [6.07, 6.45) is -1.68. The average Bonchev–Trinajstić information content (AvgIpc) is 3.27. The maximum Gasteiger partial charge on any atom is 0.255 e. The van der Waals surface area contributed by atoms with Crippen LogP contribution >= 0.6 is 11.6 Å². The normalized spacial score (nSPS) is 14.7. The third-order valence-corrected chi connectivity index (χ3v) is 7.27. The van der Waals surface area contributed by atoms with E-state index in [9.17, 15) is 27.2 Å². The van der Waals surface area contributed by atoms with Crippen molar-refractivity contribution in [3.63, 3.8) is 0 Å². The van der Waals surface area contributed by atoms with Crippen LogP contribution in [0.1, 0.15) is 47.8 Å². The molecule has 42 heavy (non-hydrogen) atoms. The van der Waals surface area contributed by atoms with E-state index in [1.165, 1.54) is 36.5 Å². The van der Waals surface area contributed by atoms with Gasteiger partial charge in [0.15, 0.2) is 0 Å². The highest BCUT2D eigenvalue weighted by Crippen LogP contribution is 2.40. The van der Waals surface area contributed by atoms with Gasteiger partial charge in [0.1, 0.15) is 17.5 Å². The van der Waals surface area contributed by atoms with Gasteiger partial charge in [-0.15, -0.1) is 0 Å². The lowest BCUT2D eigenvalue weighted by Crippen LogP contribution is -2.49. The van der Waals surface area contributed by atoms with Crippen LogP contribution < -0.4 is 16.0 Å². The monoisotopic (exact) mass is 599 g/mol. The SMILES string of the molecule is CC1(C)Cc2[nH]c(-c3ccnc(NC(=O)[C@H](CC(F)F)c4ccc(F)cc4)c3)c(Nc3cccc(F)c3Cl)c2C(=O)N1. The fraction of sp³-hybridized carbons (Fsp3) is 0.233. The van der Waals surface area contributed by atoms with Crippen LogP contribution in [-0.2, 0) is 11.2 Å². The number of hydrogen-bond donors (Lipinski definition) is 4. The van der Waals surface area contributed by atoms with Gasteiger partial charge in [-0.2, -0.15) is 0 Å². The highest BCUT2D eigenvalue weighted by atomic mass is 35.5. The first kappa shape index (κ1) is 29.1. The van der Waals surface area contributed by atoms with Gasteiger partial charge in [0.05, 0.1) is 33.6 Å². The number of pyridine rings is 1. The van der Waals surface area contributed by atoms with E-state index in [0.717, 1.165) is 12.1 Å². The van der Waals surface area contributed by atoms with Crippen LogP contribution in [0.25, 0.3) is 11.3 Å². The first-order valence-corrected chi connectivity index (χ1v) is 13.4. The summed E-state index contributed by atoms with van der Waals surface area (Å²) in [5, 5.41) is 8.45. The Morgan fingerprint density at radius 3 is 2.57 bits per heavy atom. The molecule has 0 saturated heterocycles. The van der Waals surface area contributed by atoms with Gasteiger partial charge in [0, 0.05) is 35.8 Å². The summed E-state index contributed by atoms with van der Waals surface area (Å²) in [6, 6.07) is 12.2. The minimum absolute atomic E-state index is 0.0611. The van der Waals surface area contributed by atoms with Crippen LogP contribution in [0, 0.1) is 11.6 Å². The Balaban J connectivity index is 1.52. The van der Waals surface area contributed by atoms with Crippen molar-refractivity contribution in [1.82, 2.24) is 15.3 Å². The van der Waals surface area contributed by atoms with Gasteiger partial charge in [-0.25, -0.2) is 22.5 Å². The van der Waals surface area contributed by atoms with Crippen molar-refractivity contribution in [3.05, 3.63) is 94.3 Å². The molecule has 0 unspecified atom stereocenters. The molecule has 7 nitrogen and oxygen atoms in total. The quantitative estimate of drug-likeness (QED) is 0.161. The lowest BCUT2D eigenvalue weighted by Gasteiger charge is -2.30. The number of aromatic nitrogens is 2. The lowest BCUT2D eigenvalue weighted by molar-refractivity contribution is -0.118. The second-order valence-corrected chi connectivity index (χ2v) is 11.0. The van der Waals surface area contributed by atoms with Crippen LogP contribution in [0.3, 0.4) is 0 Å². The summed E-state index contributed by atoms with van der Waals surface area (Å²) in [6.45, 7) is 3.75. The summed E-state index contributed by atoms with van der Waals surface area (Å²) < 4.78 is 54.4. The molecule has 0 spiro atoms. The van der Waals surface area contributed by atoms with E-state index in [4.69, 9.17) is 11.6 Å². The topological polar surface area (TPSA) is 98.9 Å². The zero-order chi connectivity index (χ0) is 30.2. The number of nitrogens with one attached hydrogen (secondary N) is 4. The number of hydrogen-bond acceptors (Lipinski definition) is 4. The molecule has 0 radical (unpaired) electrons. The van der Waals surface area contributed by atoms with Gasteiger partial charge in [0.25, 0.3) is 5.91 Å². The van der Waals surface area contributed by atoms with Crippen LogP contribution in [0.4, 0.5) is 34.8 Å². The fourth-order valence-electron chi connectivity index (χ4n) is 5.00. The van der Waals surface area contributed by atoms with Crippen molar-refractivity contribution in [3.8, 4) is 11.3 Å². The number of amides is 2. The third-order valence-electron chi connectivity index (χ3n) is 6.89. The number of H-pyrrole nitrogens is 1. The molecule has 1 aliphatic rings. The van der Waals surface area contributed by atoms with Crippen molar-refractivity contribution in [2.75, 3.05) is 10.6 Å². The molecule has 2 aromatic heterocycles. The highest BCUT2D eigenvalue weighted by molar-refractivity contribution is 6.33. The van der Waals surface area contributed by atoms with Crippen molar-refractivity contribution >= 4 is 40.6 Å². The van der Waals surface area contributed by atoms with Gasteiger partial charge in [-0.3, -0.25) is 9.59 Å². The van der Waals surface area contributed by atoms with Gasteiger partial charge in [0.2, 0.25) is 12.3 Å². The Morgan fingerprint density at radius 2 is 1.86 bits per heavy atom. The number of halogens is 5. The summed E-state index contributed by atoms with van der Waals surface area (Å²) >= 11 is 6.20. The Labute approximate surface area is 243 Å². The molecule has 3 heterocycles. The highest BCUT2D eigenvalue weighted by Gasteiger charge is 2.35. The largest absolute Gasteiger partial charge is 0.356 e. The standard InChI is InChI=1S/C30H26ClF4N5O2/c1-30(2)14-21-24(29(42)40-30)27(37-20-5-3-4-19(33)25(20)31)26(38-21)16-10-11-36-23(12-16)39-28(41)18(13-22(34)35)15-6-8-17(32)9-7-15/h3-12,18,22,37-38H,13-14H2,1-2H3,(H,40,42)(H,36,39,41)/t18-/m1/s1. The van der Waals surface area contributed by atoms with Crippen LogP contribution in [-0.4, -0.2) is 33.7 Å². The van der Waals surface area contributed by atoms with Gasteiger partial charge in [-0.05, 0) is 55.8 Å². The Kier molecular flexibility index (Phi) is 7.96. The summed E-state index contributed by atoms with van der Waals surface area (Å²) in [5.74, 6) is -3.50. The first-order chi connectivity index (χ1) is 19.9. The van der Waals surface area contributed by atoms with E-state index in [-0.39, 0.29) is 28.0 Å². The number of anilines is 3. The lowest BCUT2D eigenvalue weighted by atomic mass is 9.91. The van der Waals surface area contributed by atoms with E-state index < -0.39 is 41.8 Å². The van der Waals surface area contributed by atoms with Gasteiger partial charge in [-0.1, -0.05) is 29.8 Å². The molecule has 4 aromatic rings. The van der Waals surface area contributed by atoms with Crippen molar-refractivity contribution in [2.45, 2.75) is 44.6 Å². The number of nitrogens with zero attached hydrogens (tertiary/aromatic N) is 1. The minimum Gasteiger partial charge on any atom is -0.356 e. The number of benzene rings is 2. The molecule has 4 N–H and O–H groups in total. The molecular formula is C30H26ClF4N5O2. The Hall–Kier alpha value is -4.38. The third kappa shape index (κ3) is 6.11. The molecule has 12 heteroatoms. The van der Waals surface area contributed by atoms with Crippen molar-refractivity contribution in [2.24, 2.45) is 0 Å². The Morgan fingerprint density at radius 1 is 1.12 bits per heavy atom. The zero-order valence-corrected chi connectivity index (χ0v) is 23.3. The molecule has 1 atom stereocenters. The number of alkyl halides is 2. The van der Waals surface area contributed by atoms with Crippen LogP contribution in [0.15, 0.2) is 60.8 Å². The Bertz CT molecular complexity index is 1660. The summed E-state index contributed by atoms with van der Waals surface area (Å²) in [4.78, 5) is 33.8. The maximum atomic E-state index is 14.2. The second kappa shape index (κ2) is 11.5. The van der Waals surface area contributed by atoms with Crippen LogP contribution in [0.2, 0.25) is 5.02 Å². The smallest absolute Gasteiger partial charge is 0.255 e. The molecule has 5 rings (SSSR count). The zero-order valence-electron chi connectivity index (χ0n) is 22.5. The first-order valence-electron chi connectivity index (χ1n) is 13.0. The van der Waals surface area contributed by atoms with Gasteiger partial charge < -0.3 is 20.9 Å². The van der Waals surface area contributed by atoms with Crippen molar-refractivity contribution in [1.29, 1.82) is 0 Å². The molecule has 1 aliphatic heterocycles.